The molecule has 3 heterocycles. The van der Waals surface area contributed by atoms with E-state index in [9.17, 15) is 13.2 Å². The van der Waals surface area contributed by atoms with Crippen molar-refractivity contribution < 1.29 is 22.7 Å². The van der Waals surface area contributed by atoms with Gasteiger partial charge in [-0.15, -0.1) is 0 Å². The molecule has 2 aromatic heterocycles. The van der Waals surface area contributed by atoms with Crippen LogP contribution in [-0.4, -0.2) is 72.4 Å². The minimum absolute atomic E-state index is 0.0638. The Morgan fingerprint density at radius 2 is 2.03 bits per heavy atom. The molecule has 170 valence electrons. The number of piperidine rings is 1. The first kappa shape index (κ1) is 22.0. The van der Waals surface area contributed by atoms with E-state index in [0.29, 0.717) is 36.1 Å². The lowest BCUT2D eigenvalue weighted by Gasteiger charge is -2.33. The fourth-order valence-electron chi connectivity index (χ4n) is 4.16. The van der Waals surface area contributed by atoms with E-state index in [-0.39, 0.29) is 23.1 Å². The molecule has 4 rings (SSSR count). The molecule has 1 atom stereocenters. The Labute approximate surface area is 186 Å². The van der Waals surface area contributed by atoms with Crippen LogP contribution < -0.4 is 9.47 Å². The molecule has 11 heteroatoms. The van der Waals surface area contributed by atoms with Crippen LogP contribution in [0.4, 0.5) is 0 Å². The summed E-state index contributed by atoms with van der Waals surface area (Å²) in [6.45, 7) is 0.980. The van der Waals surface area contributed by atoms with Gasteiger partial charge in [-0.3, -0.25) is 4.79 Å². The van der Waals surface area contributed by atoms with Crippen molar-refractivity contribution in [3.8, 4) is 11.5 Å². The number of sulfone groups is 1. The molecule has 32 heavy (non-hydrogen) atoms. The summed E-state index contributed by atoms with van der Waals surface area (Å²) < 4.78 is 37.0. The second kappa shape index (κ2) is 8.73. The molecule has 0 radical (unpaired) electrons. The normalized spacial score (nSPS) is 16.8. The zero-order valence-electron chi connectivity index (χ0n) is 18.2. The van der Waals surface area contributed by atoms with E-state index >= 15 is 0 Å². The molecule has 1 aromatic carbocycles. The number of carbonyl (C=O) groups is 1. The van der Waals surface area contributed by atoms with Crippen LogP contribution in [0.1, 0.15) is 30.0 Å². The Bertz CT molecular complexity index is 1260. The molecule has 0 spiro atoms. The third-order valence-electron chi connectivity index (χ3n) is 5.70. The molecule has 10 nitrogen and oxygen atoms in total. The summed E-state index contributed by atoms with van der Waals surface area (Å²) in [6, 6.07) is 5.35. The molecular weight excluding hydrogens is 434 g/mol. The fraction of sp³-hybridized carbons (Fsp3) is 0.429. The summed E-state index contributed by atoms with van der Waals surface area (Å²) in [5.41, 5.74) is 1.25. The first-order chi connectivity index (χ1) is 15.3. The predicted molar refractivity (Wildman–Crippen MR) is 116 cm³/mol. The van der Waals surface area contributed by atoms with Crippen LogP contribution in [0.2, 0.25) is 0 Å². The highest BCUT2D eigenvalue weighted by Crippen LogP contribution is 2.32. The molecule has 0 aliphatic carbocycles. The number of hydrogen-bond acceptors (Lipinski definition) is 8. The number of carbonyl (C=O) groups excluding carboxylic acids is 1. The number of benzene rings is 1. The standard InChI is InChI=1S/C21H25N5O5S/c1-30-16-6-7-17(31-2)15(9-16)10-19(27)25-8-4-5-14(12-25)20-18(32(3,28)29)11-22-21-23-13-24-26(20)21/h6-7,9,11,13-14H,4-5,8,10,12H2,1-3H3/t14-/m1/s1. The maximum Gasteiger partial charge on any atom is 0.252 e. The van der Waals surface area contributed by atoms with Gasteiger partial charge in [0.05, 0.1) is 32.5 Å². The van der Waals surface area contributed by atoms with E-state index in [1.165, 1.54) is 17.0 Å². The smallest absolute Gasteiger partial charge is 0.252 e. The number of rotatable bonds is 6. The van der Waals surface area contributed by atoms with E-state index in [2.05, 4.69) is 15.1 Å². The number of nitrogens with zero attached hydrogens (tertiary/aromatic N) is 5. The Morgan fingerprint density at radius 1 is 1.22 bits per heavy atom. The van der Waals surface area contributed by atoms with Crippen LogP contribution in [0.25, 0.3) is 5.78 Å². The van der Waals surface area contributed by atoms with Gasteiger partial charge < -0.3 is 14.4 Å². The van der Waals surface area contributed by atoms with Crippen LogP contribution in [0.3, 0.4) is 0 Å². The topological polar surface area (TPSA) is 116 Å². The highest BCUT2D eigenvalue weighted by molar-refractivity contribution is 7.90. The lowest BCUT2D eigenvalue weighted by Crippen LogP contribution is -2.40. The summed E-state index contributed by atoms with van der Waals surface area (Å²) in [6.07, 6.45) is 5.45. The van der Waals surface area contributed by atoms with Gasteiger partial charge in [0.2, 0.25) is 5.91 Å². The second-order valence-electron chi connectivity index (χ2n) is 7.79. The number of ether oxygens (including phenoxy) is 2. The third-order valence-corrected chi connectivity index (χ3v) is 6.81. The van der Waals surface area contributed by atoms with Gasteiger partial charge in [-0.05, 0) is 31.0 Å². The first-order valence-corrected chi connectivity index (χ1v) is 12.1. The van der Waals surface area contributed by atoms with Crippen molar-refractivity contribution in [1.29, 1.82) is 0 Å². The van der Waals surface area contributed by atoms with Gasteiger partial charge in [-0.25, -0.2) is 13.4 Å². The molecule has 1 fully saturated rings. The van der Waals surface area contributed by atoms with Gasteiger partial charge in [-0.2, -0.15) is 14.6 Å². The average Bonchev–Trinajstić information content (AvgIpc) is 3.26. The SMILES string of the molecule is COc1ccc(OC)c(CC(=O)N2CCC[C@@H](c3c(S(C)(=O)=O)cnc4ncnn34)C2)c1. The Kier molecular flexibility index (Phi) is 6.00. The van der Waals surface area contributed by atoms with Crippen molar-refractivity contribution in [1.82, 2.24) is 24.5 Å². The summed E-state index contributed by atoms with van der Waals surface area (Å²) >= 11 is 0. The predicted octanol–water partition coefficient (Wildman–Crippen LogP) is 1.49. The average molecular weight is 460 g/mol. The number of methoxy groups -OCH3 is 2. The van der Waals surface area contributed by atoms with Crippen molar-refractivity contribution in [2.45, 2.75) is 30.1 Å². The van der Waals surface area contributed by atoms with Crippen LogP contribution in [-0.2, 0) is 21.1 Å². The van der Waals surface area contributed by atoms with Crippen molar-refractivity contribution >= 4 is 21.5 Å². The summed E-state index contributed by atoms with van der Waals surface area (Å²) in [7, 11) is -0.407. The van der Waals surface area contributed by atoms with E-state index in [0.717, 1.165) is 24.7 Å². The monoisotopic (exact) mass is 459 g/mol. The lowest BCUT2D eigenvalue weighted by atomic mass is 9.94. The van der Waals surface area contributed by atoms with Crippen molar-refractivity contribution in [2.24, 2.45) is 0 Å². The Balaban J connectivity index is 1.63. The quantitative estimate of drug-likeness (QED) is 0.544. The number of amides is 1. The summed E-state index contributed by atoms with van der Waals surface area (Å²) in [4.78, 5) is 23.2. The number of aromatic nitrogens is 4. The minimum atomic E-state index is -3.54. The largest absolute Gasteiger partial charge is 0.497 e. The second-order valence-corrected chi connectivity index (χ2v) is 9.77. The maximum absolute atomic E-state index is 13.2. The fourth-order valence-corrected chi connectivity index (χ4v) is 5.04. The number of fused-ring (bicyclic) bond motifs is 1. The van der Waals surface area contributed by atoms with E-state index < -0.39 is 9.84 Å². The molecule has 1 aliphatic heterocycles. The van der Waals surface area contributed by atoms with Gasteiger partial charge >= 0.3 is 0 Å². The summed E-state index contributed by atoms with van der Waals surface area (Å²) in [5, 5.41) is 4.19. The molecule has 1 saturated heterocycles. The van der Waals surface area contributed by atoms with Crippen molar-refractivity contribution in [2.75, 3.05) is 33.6 Å². The third kappa shape index (κ3) is 4.24. The molecule has 1 aliphatic rings. The first-order valence-electron chi connectivity index (χ1n) is 10.2. The van der Waals surface area contributed by atoms with Crippen LogP contribution in [0, 0.1) is 0 Å². The van der Waals surface area contributed by atoms with E-state index in [4.69, 9.17) is 9.47 Å². The van der Waals surface area contributed by atoms with E-state index in [1.54, 1.807) is 37.3 Å². The molecule has 1 amide bonds. The van der Waals surface area contributed by atoms with Gasteiger partial charge in [0.15, 0.2) is 9.84 Å². The van der Waals surface area contributed by atoms with Gasteiger partial charge in [0, 0.05) is 30.8 Å². The van der Waals surface area contributed by atoms with Crippen LogP contribution in [0.5, 0.6) is 11.5 Å². The molecule has 3 aromatic rings. The van der Waals surface area contributed by atoms with Gasteiger partial charge in [0.25, 0.3) is 5.78 Å². The Hall–Kier alpha value is -3.21. The van der Waals surface area contributed by atoms with Gasteiger partial charge in [-0.1, -0.05) is 0 Å². The highest BCUT2D eigenvalue weighted by Gasteiger charge is 2.31. The molecule has 0 N–H and O–H groups in total. The highest BCUT2D eigenvalue weighted by atomic mass is 32.2. The summed E-state index contributed by atoms with van der Waals surface area (Å²) in [5.74, 6) is 1.32. The maximum atomic E-state index is 13.2. The van der Waals surface area contributed by atoms with Crippen LogP contribution >= 0.6 is 0 Å². The number of hydrogen-bond donors (Lipinski definition) is 0. The van der Waals surface area contributed by atoms with Crippen molar-refractivity contribution in [3.05, 3.63) is 42.0 Å². The lowest BCUT2D eigenvalue weighted by molar-refractivity contribution is -0.131. The molecule has 0 bridgehead atoms. The molecule has 0 unspecified atom stereocenters. The molecular formula is C21H25N5O5S. The zero-order valence-corrected chi connectivity index (χ0v) is 19.0. The number of likely N-dealkylation sites (tertiary alicyclic amines) is 1. The van der Waals surface area contributed by atoms with Crippen molar-refractivity contribution in [3.63, 3.8) is 0 Å². The van der Waals surface area contributed by atoms with E-state index in [1.807, 2.05) is 0 Å². The van der Waals surface area contributed by atoms with Gasteiger partial charge in [0.1, 0.15) is 22.7 Å². The zero-order chi connectivity index (χ0) is 22.9. The molecule has 0 saturated carbocycles. The van der Waals surface area contributed by atoms with Crippen LogP contribution in [0.15, 0.2) is 35.6 Å². The minimum Gasteiger partial charge on any atom is -0.497 e. The Morgan fingerprint density at radius 3 is 2.75 bits per heavy atom.